The van der Waals surface area contributed by atoms with E-state index in [1.165, 1.54) is 32.6 Å². The number of aromatic nitrogens is 6. The molecule has 6 heteroatoms. The molecule has 6 nitrogen and oxygen atoms in total. The molecule has 0 aliphatic rings. The lowest BCUT2D eigenvalue weighted by atomic mass is 10.0. The molecule has 0 N–H and O–H groups in total. The SMILES string of the molecule is Cc1c(-c2ccc(-c3nc(-c4ccccc4)nc(-c4ccc(-n5c6ccccc6c6ccccc65)cc4)n3)cc2)nn2c(-c3ccccc3)cc3ccccc3c12. The fourth-order valence-electron chi connectivity index (χ4n) is 8.21. The van der Waals surface area contributed by atoms with Gasteiger partial charge in [-0.2, -0.15) is 5.10 Å². The van der Waals surface area contributed by atoms with Crippen LogP contribution in [0.2, 0.25) is 0 Å². The molecule has 4 heterocycles. The Morgan fingerprint density at radius 2 is 0.860 bits per heavy atom. The number of para-hydroxylation sites is 2. The zero-order valence-corrected chi connectivity index (χ0v) is 31.1. The van der Waals surface area contributed by atoms with Crippen LogP contribution < -0.4 is 0 Å². The van der Waals surface area contributed by atoms with Crippen LogP contribution in [0.15, 0.2) is 188 Å². The molecule has 0 unspecified atom stereocenters. The number of nitrogens with zero attached hydrogens (tertiary/aromatic N) is 6. The maximum absolute atomic E-state index is 5.25. The van der Waals surface area contributed by atoms with Crippen molar-refractivity contribution in [1.82, 2.24) is 29.1 Å². The average molecular weight is 731 g/mol. The molecule has 57 heavy (non-hydrogen) atoms. The van der Waals surface area contributed by atoms with Gasteiger partial charge in [0.15, 0.2) is 17.5 Å². The quantitative estimate of drug-likeness (QED) is 0.171. The number of hydrogen-bond donors (Lipinski definition) is 0. The van der Waals surface area contributed by atoms with Crippen molar-refractivity contribution in [1.29, 1.82) is 0 Å². The summed E-state index contributed by atoms with van der Waals surface area (Å²) >= 11 is 0. The van der Waals surface area contributed by atoms with Crippen molar-refractivity contribution in [3.05, 3.63) is 194 Å². The number of pyridine rings is 1. The minimum atomic E-state index is 0.612. The summed E-state index contributed by atoms with van der Waals surface area (Å²) in [4.78, 5) is 15.1. The van der Waals surface area contributed by atoms with E-state index in [4.69, 9.17) is 20.1 Å². The van der Waals surface area contributed by atoms with E-state index in [2.05, 4.69) is 168 Å². The van der Waals surface area contributed by atoms with Crippen molar-refractivity contribution in [2.75, 3.05) is 0 Å². The van der Waals surface area contributed by atoms with E-state index < -0.39 is 0 Å². The first-order valence-corrected chi connectivity index (χ1v) is 19.2. The molecule has 0 bridgehead atoms. The first-order valence-electron chi connectivity index (χ1n) is 19.2. The van der Waals surface area contributed by atoms with Crippen molar-refractivity contribution in [3.8, 4) is 62.4 Å². The molecule has 0 radical (unpaired) electrons. The zero-order chi connectivity index (χ0) is 37.9. The van der Waals surface area contributed by atoms with Crippen LogP contribution >= 0.6 is 0 Å². The highest BCUT2D eigenvalue weighted by Gasteiger charge is 2.19. The Balaban J connectivity index is 0.999. The van der Waals surface area contributed by atoms with Crippen LogP contribution in [0.3, 0.4) is 0 Å². The number of hydrogen-bond acceptors (Lipinski definition) is 4. The standard InChI is InChI=1S/C51H34N6/c1-33-47(55-57-46(34-14-4-2-5-15-34)32-39-18-8-9-19-41(39)48(33)57)35-24-26-37(27-25-35)50-52-49(36-16-6-3-7-17-36)53-51(54-50)38-28-30-40(31-29-38)56-44-22-12-10-20-42(44)43-21-11-13-23-45(43)56/h2-32H,1H3. The van der Waals surface area contributed by atoms with Gasteiger partial charge in [-0.05, 0) is 54.8 Å². The van der Waals surface area contributed by atoms with E-state index in [0.717, 1.165) is 56.0 Å². The van der Waals surface area contributed by atoms with Crippen LogP contribution in [-0.2, 0) is 0 Å². The molecule has 0 spiro atoms. The summed E-state index contributed by atoms with van der Waals surface area (Å²) in [5.74, 6) is 1.86. The molecule has 4 aromatic heterocycles. The topological polar surface area (TPSA) is 60.9 Å². The summed E-state index contributed by atoms with van der Waals surface area (Å²) in [5, 5.41) is 10.1. The van der Waals surface area contributed by atoms with E-state index in [-0.39, 0.29) is 0 Å². The Labute approximate surface area is 329 Å². The molecule has 7 aromatic carbocycles. The van der Waals surface area contributed by atoms with E-state index in [9.17, 15) is 0 Å². The fraction of sp³-hybridized carbons (Fsp3) is 0.0196. The van der Waals surface area contributed by atoms with Crippen molar-refractivity contribution < 1.29 is 0 Å². The maximum Gasteiger partial charge on any atom is 0.164 e. The second kappa shape index (κ2) is 13.3. The van der Waals surface area contributed by atoms with E-state index in [1.54, 1.807) is 0 Å². The Bertz CT molecular complexity index is 3220. The lowest BCUT2D eigenvalue weighted by Crippen LogP contribution is -2.00. The Hall–Kier alpha value is -7.70. The highest BCUT2D eigenvalue weighted by molar-refractivity contribution is 6.09. The molecule has 0 atom stereocenters. The lowest BCUT2D eigenvalue weighted by Gasteiger charge is -2.11. The molecule has 0 aliphatic heterocycles. The first kappa shape index (κ1) is 32.7. The third-order valence-electron chi connectivity index (χ3n) is 11.0. The van der Waals surface area contributed by atoms with Crippen molar-refractivity contribution in [2.24, 2.45) is 0 Å². The van der Waals surface area contributed by atoms with Gasteiger partial charge < -0.3 is 4.57 Å². The number of aryl methyl sites for hydroxylation is 1. The third kappa shape index (κ3) is 5.49. The van der Waals surface area contributed by atoms with Gasteiger partial charge in [-0.25, -0.2) is 19.5 Å². The van der Waals surface area contributed by atoms with Gasteiger partial charge in [-0.3, -0.25) is 0 Å². The summed E-state index contributed by atoms with van der Waals surface area (Å²) in [6.45, 7) is 2.17. The second-order valence-corrected chi connectivity index (χ2v) is 14.4. The van der Waals surface area contributed by atoms with Gasteiger partial charge in [0.1, 0.15) is 0 Å². The Morgan fingerprint density at radius 3 is 1.46 bits per heavy atom. The largest absolute Gasteiger partial charge is 0.309 e. The molecule has 268 valence electrons. The molecule has 11 rings (SSSR count). The maximum atomic E-state index is 5.25. The normalized spacial score (nSPS) is 11.6. The number of fused-ring (bicyclic) bond motifs is 6. The predicted molar refractivity (Wildman–Crippen MR) is 232 cm³/mol. The Kier molecular flexibility index (Phi) is 7.60. The number of benzene rings is 7. The molecular weight excluding hydrogens is 697 g/mol. The van der Waals surface area contributed by atoms with Crippen LogP contribution in [0, 0.1) is 6.92 Å². The Morgan fingerprint density at radius 1 is 0.404 bits per heavy atom. The molecule has 0 aliphatic carbocycles. The van der Waals surface area contributed by atoms with Crippen LogP contribution in [0.4, 0.5) is 0 Å². The van der Waals surface area contributed by atoms with Crippen LogP contribution in [0.25, 0.3) is 100 Å². The van der Waals surface area contributed by atoms with Gasteiger partial charge in [0, 0.05) is 55.2 Å². The summed E-state index contributed by atoms with van der Waals surface area (Å²) in [5.41, 5.74) is 12.6. The summed E-state index contributed by atoms with van der Waals surface area (Å²) in [6.07, 6.45) is 0. The van der Waals surface area contributed by atoms with E-state index >= 15 is 0 Å². The summed E-state index contributed by atoms with van der Waals surface area (Å²) < 4.78 is 4.42. The molecular formula is C51H34N6. The second-order valence-electron chi connectivity index (χ2n) is 14.4. The fourth-order valence-corrected chi connectivity index (χ4v) is 8.21. The van der Waals surface area contributed by atoms with E-state index in [0.29, 0.717) is 17.5 Å². The number of rotatable bonds is 6. The highest BCUT2D eigenvalue weighted by Crippen LogP contribution is 2.36. The highest BCUT2D eigenvalue weighted by atomic mass is 15.2. The molecule has 11 aromatic rings. The third-order valence-corrected chi connectivity index (χ3v) is 11.0. The predicted octanol–water partition coefficient (Wildman–Crippen LogP) is 12.4. The van der Waals surface area contributed by atoms with Crippen molar-refractivity contribution in [3.63, 3.8) is 0 Å². The van der Waals surface area contributed by atoms with Gasteiger partial charge in [-0.1, -0.05) is 146 Å². The van der Waals surface area contributed by atoms with Crippen molar-refractivity contribution in [2.45, 2.75) is 6.92 Å². The monoisotopic (exact) mass is 730 g/mol. The minimum absolute atomic E-state index is 0.612. The first-order chi connectivity index (χ1) is 28.2. The van der Waals surface area contributed by atoms with Crippen LogP contribution in [0.1, 0.15) is 5.56 Å². The van der Waals surface area contributed by atoms with Gasteiger partial charge >= 0.3 is 0 Å². The zero-order valence-electron chi connectivity index (χ0n) is 31.1. The molecule has 0 saturated heterocycles. The van der Waals surface area contributed by atoms with E-state index in [1.807, 2.05) is 36.4 Å². The van der Waals surface area contributed by atoms with Gasteiger partial charge in [0.25, 0.3) is 0 Å². The summed E-state index contributed by atoms with van der Waals surface area (Å²) in [7, 11) is 0. The average Bonchev–Trinajstić information content (AvgIpc) is 3.82. The van der Waals surface area contributed by atoms with Gasteiger partial charge in [0.05, 0.1) is 27.9 Å². The lowest BCUT2D eigenvalue weighted by molar-refractivity contribution is 0.979. The molecule has 0 amide bonds. The van der Waals surface area contributed by atoms with Crippen LogP contribution in [-0.4, -0.2) is 29.1 Å². The van der Waals surface area contributed by atoms with Crippen LogP contribution in [0.5, 0.6) is 0 Å². The smallest absolute Gasteiger partial charge is 0.164 e. The minimum Gasteiger partial charge on any atom is -0.309 e. The van der Waals surface area contributed by atoms with Gasteiger partial charge in [-0.15, -0.1) is 0 Å². The summed E-state index contributed by atoms with van der Waals surface area (Å²) in [6, 6.07) is 65.4. The molecule has 0 saturated carbocycles. The van der Waals surface area contributed by atoms with Crippen molar-refractivity contribution >= 4 is 38.1 Å². The van der Waals surface area contributed by atoms with Gasteiger partial charge in [0.2, 0.25) is 0 Å². The molecule has 0 fully saturated rings.